The number of aliphatic carboxylic acids is 1. The van der Waals surface area contributed by atoms with E-state index in [1.54, 1.807) is 0 Å². The van der Waals surface area contributed by atoms with Gasteiger partial charge in [-0.2, -0.15) is 26.3 Å². The van der Waals surface area contributed by atoms with Crippen LogP contribution in [0.2, 0.25) is 0 Å². The van der Waals surface area contributed by atoms with Crippen molar-refractivity contribution in [2.75, 3.05) is 6.54 Å². The van der Waals surface area contributed by atoms with Crippen molar-refractivity contribution in [1.29, 1.82) is 0 Å². The fraction of sp³-hybridized carbons (Fsp3) is 0.562. The van der Waals surface area contributed by atoms with Gasteiger partial charge in [0.2, 0.25) is 0 Å². The molecule has 1 heterocycles. The van der Waals surface area contributed by atoms with Gasteiger partial charge < -0.3 is 15.2 Å². The zero-order chi connectivity index (χ0) is 20.4. The van der Waals surface area contributed by atoms with E-state index < -0.39 is 29.7 Å². The van der Waals surface area contributed by atoms with Crippen LogP contribution < -0.4 is 5.32 Å². The van der Waals surface area contributed by atoms with Gasteiger partial charge in [0, 0.05) is 11.6 Å². The van der Waals surface area contributed by atoms with E-state index in [9.17, 15) is 30.7 Å². The zero-order valence-corrected chi connectivity index (χ0v) is 13.7. The maximum Gasteiger partial charge on any atom is 0.490 e. The van der Waals surface area contributed by atoms with Crippen LogP contribution in [0.3, 0.4) is 0 Å². The molecule has 1 aliphatic heterocycles. The van der Waals surface area contributed by atoms with Crippen molar-refractivity contribution in [3.63, 3.8) is 0 Å². The summed E-state index contributed by atoms with van der Waals surface area (Å²) in [6.45, 7) is 1.01. The molecule has 27 heavy (non-hydrogen) atoms. The Morgan fingerprint density at radius 2 is 1.81 bits per heavy atom. The number of carbonyl (C=O) groups is 1. The number of carboxylic acids is 1. The van der Waals surface area contributed by atoms with Crippen molar-refractivity contribution >= 4 is 5.97 Å². The van der Waals surface area contributed by atoms with Crippen LogP contribution in [0, 0.1) is 11.7 Å². The number of halogens is 7. The van der Waals surface area contributed by atoms with Gasteiger partial charge in [-0.15, -0.1) is 0 Å². The molecule has 4 nitrogen and oxygen atoms in total. The molecule has 2 aliphatic rings. The van der Waals surface area contributed by atoms with E-state index in [1.165, 1.54) is 0 Å². The lowest BCUT2D eigenvalue weighted by Gasteiger charge is -2.23. The van der Waals surface area contributed by atoms with Crippen LogP contribution >= 0.6 is 0 Å². The first-order valence-corrected chi connectivity index (χ1v) is 7.88. The third kappa shape index (κ3) is 5.80. The summed E-state index contributed by atoms with van der Waals surface area (Å²) in [5.41, 5.74) is -0.805. The number of rotatable bonds is 3. The molecule has 2 fully saturated rings. The number of carboxylic acid groups (broad SMARTS) is 1. The molecule has 0 radical (unpaired) electrons. The van der Waals surface area contributed by atoms with Gasteiger partial charge in [-0.3, -0.25) is 0 Å². The minimum absolute atomic E-state index is 0.0134. The molecule has 3 rings (SSSR count). The second kappa shape index (κ2) is 8.01. The summed E-state index contributed by atoms with van der Waals surface area (Å²) in [5.74, 6) is -3.01. The highest BCUT2D eigenvalue weighted by Crippen LogP contribution is 2.34. The third-order valence-corrected chi connectivity index (χ3v) is 4.35. The Bertz CT molecular complexity index is 675. The monoisotopic (exact) mass is 403 g/mol. The topological polar surface area (TPSA) is 58.6 Å². The Labute approximate surface area is 149 Å². The second-order valence-corrected chi connectivity index (χ2v) is 6.31. The Hall–Kier alpha value is -1.88. The summed E-state index contributed by atoms with van der Waals surface area (Å²) in [6, 6.07) is 2.87. The van der Waals surface area contributed by atoms with E-state index in [-0.39, 0.29) is 18.3 Å². The van der Waals surface area contributed by atoms with E-state index >= 15 is 0 Å². The standard InChI is InChI=1S/C14H15F4NO.C2HF3O2/c15-11-5-10(14(16,17)18)2-1-9(11)7-20-13-4-8-3-12(13)19-6-8;3-2(4,5)1(6)7/h1-2,5,8,12-13,19H,3-4,6-7H2;(H,6,7)/t8-,12+,13?;/m1./s1. The first-order valence-electron chi connectivity index (χ1n) is 7.88. The molecule has 1 saturated carbocycles. The highest BCUT2D eigenvalue weighted by Gasteiger charge is 2.40. The van der Waals surface area contributed by atoms with Crippen molar-refractivity contribution in [2.45, 2.75) is 43.9 Å². The fourth-order valence-electron chi connectivity index (χ4n) is 3.02. The van der Waals surface area contributed by atoms with Gasteiger partial charge in [-0.1, -0.05) is 6.07 Å². The molecular formula is C16H16F7NO3. The Morgan fingerprint density at radius 1 is 1.19 bits per heavy atom. The Balaban J connectivity index is 0.000000321. The number of hydrogen-bond acceptors (Lipinski definition) is 3. The number of ether oxygens (including phenoxy) is 1. The number of piperidine rings is 1. The summed E-state index contributed by atoms with van der Waals surface area (Å²) >= 11 is 0. The minimum atomic E-state index is -5.08. The summed E-state index contributed by atoms with van der Waals surface area (Å²) in [6.07, 6.45) is -7.55. The average molecular weight is 403 g/mol. The predicted octanol–water partition coefficient (Wildman–Crippen LogP) is 3.74. The molecule has 152 valence electrons. The van der Waals surface area contributed by atoms with Crippen LogP contribution in [0.15, 0.2) is 18.2 Å². The molecule has 1 saturated heterocycles. The number of fused-ring (bicyclic) bond motifs is 2. The van der Waals surface area contributed by atoms with Gasteiger partial charge in [-0.05, 0) is 37.4 Å². The molecular weight excluding hydrogens is 387 g/mol. The SMILES string of the molecule is Fc1cc(C(F)(F)F)ccc1COC1C[C@@H]2CN[C@H]1C2.O=C(O)C(F)(F)F. The average Bonchev–Trinajstić information content (AvgIpc) is 3.15. The van der Waals surface area contributed by atoms with Crippen LogP contribution in [0.25, 0.3) is 0 Å². The minimum Gasteiger partial charge on any atom is -0.475 e. The summed E-state index contributed by atoms with van der Waals surface area (Å²) < 4.78 is 88.3. The van der Waals surface area contributed by atoms with Gasteiger partial charge in [-0.25, -0.2) is 9.18 Å². The van der Waals surface area contributed by atoms with Gasteiger partial charge in [0.1, 0.15) is 5.82 Å². The summed E-state index contributed by atoms with van der Waals surface area (Å²) in [4.78, 5) is 8.90. The van der Waals surface area contributed by atoms with E-state index in [0.29, 0.717) is 18.0 Å². The van der Waals surface area contributed by atoms with Crippen LogP contribution in [0.1, 0.15) is 24.0 Å². The molecule has 2 N–H and O–H groups in total. The number of nitrogens with one attached hydrogen (secondary N) is 1. The van der Waals surface area contributed by atoms with Crippen molar-refractivity contribution in [1.82, 2.24) is 5.32 Å². The first kappa shape index (κ1) is 21.4. The first-order chi connectivity index (χ1) is 12.4. The van der Waals surface area contributed by atoms with E-state index in [0.717, 1.165) is 31.5 Å². The highest BCUT2D eigenvalue weighted by molar-refractivity contribution is 5.73. The highest BCUT2D eigenvalue weighted by atomic mass is 19.4. The Morgan fingerprint density at radius 3 is 2.22 bits per heavy atom. The van der Waals surface area contributed by atoms with Crippen molar-refractivity contribution in [3.05, 3.63) is 35.1 Å². The van der Waals surface area contributed by atoms with Crippen LogP contribution in [-0.4, -0.2) is 35.9 Å². The van der Waals surface area contributed by atoms with Gasteiger partial charge in [0.25, 0.3) is 0 Å². The third-order valence-electron chi connectivity index (χ3n) is 4.35. The molecule has 3 atom stereocenters. The smallest absolute Gasteiger partial charge is 0.475 e. The van der Waals surface area contributed by atoms with Gasteiger partial charge in [0.05, 0.1) is 18.3 Å². The molecule has 11 heteroatoms. The maximum absolute atomic E-state index is 13.6. The molecule has 2 bridgehead atoms. The largest absolute Gasteiger partial charge is 0.490 e. The molecule has 0 aromatic heterocycles. The molecule has 1 aromatic rings. The van der Waals surface area contributed by atoms with Crippen molar-refractivity contribution in [2.24, 2.45) is 5.92 Å². The predicted molar refractivity (Wildman–Crippen MR) is 78.2 cm³/mol. The zero-order valence-electron chi connectivity index (χ0n) is 13.7. The molecule has 1 aliphatic carbocycles. The summed E-state index contributed by atoms with van der Waals surface area (Å²) in [7, 11) is 0. The van der Waals surface area contributed by atoms with Crippen LogP contribution in [0.4, 0.5) is 30.7 Å². The lowest BCUT2D eigenvalue weighted by atomic mass is 10.1. The quantitative estimate of drug-likeness (QED) is 0.755. The molecule has 0 amide bonds. The van der Waals surface area contributed by atoms with E-state index in [4.69, 9.17) is 14.6 Å². The van der Waals surface area contributed by atoms with E-state index in [2.05, 4.69) is 5.32 Å². The lowest BCUT2D eigenvalue weighted by Crippen LogP contribution is -2.38. The van der Waals surface area contributed by atoms with Crippen molar-refractivity contribution in [3.8, 4) is 0 Å². The normalized spacial score (nSPS) is 24.5. The molecule has 0 spiro atoms. The number of alkyl halides is 6. The summed E-state index contributed by atoms with van der Waals surface area (Å²) in [5, 5.41) is 10.4. The van der Waals surface area contributed by atoms with Gasteiger partial charge >= 0.3 is 18.3 Å². The number of hydrogen-bond donors (Lipinski definition) is 2. The lowest BCUT2D eigenvalue weighted by molar-refractivity contribution is -0.192. The molecule has 1 aromatic carbocycles. The fourth-order valence-corrected chi connectivity index (χ4v) is 3.02. The van der Waals surface area contributed by atoms with E-state index in [1.807, 2.05) is 0 Å². The maximum atomic E-state index is 13.6. The second-order valence-electron chi connectivity index (χ2n) is 6.31. The molecule has 1 unspecified atom stereocenters. The van der Waals surface area contributed by atoms with Gasteiger partial charge in [0.15, 0.2) is 0 Å². The van der Waals surface area contributed by atoms with Crippen molar-refractivity contribution < 1.29 is 45.4 Å². The van der Waals surface area contributed by atoms with Crippen LogP contribution in [0.5, 0.6) is 0 Å². The number of benzene rings is 1. The van der Waals surface area contributed by atoms with Crippen LogP contribution in [-0.2, 0) is 22.3 Å². The Kier molecular flexibility index (Phi) is 6.35.